The minimum absolute atomic E-state index is 0.412. The van der Waals surface area contributed by atoms with Gasteiger partial charge in [-0.1, -0.05) is 35.9 Å². The standard InChI is InChI=1S/C23H20ClN3O3S/c1-4-14-5-10-19-17(11-14)18(12-20(30-19)15-6-8-16(24)9-7-15)26-27-23-25-13(2)21(31-23)22(28)29-3/h5-12H,4H2,1-3H3,(H,25,27)/b26-18+. The molecule has 8 heteroatoms. The van der Waals surface area contributed by atoms with Crippen molar-refractivity contribution in [2.45, 2.75) is 20.3 Å². The van der Waals surface area contributed by atoms with Gasteiger partial charge in [-0.3, -0.25) is 5.43 Å². The number of halogens is 1. The molecule has 0 aliphatic carbocycles. The first-order chi connectivity index (χ1) is 15.0. The molecule has 4 rings (SSSR count). The molecule has 0 bridgehead atoms. The second-order valence-corrected chi connectivity index (χ2v) is 8.27. The van der Waals surface area contributed by atoms with E-state index >= 15 is 0 Å². The number of aromatic nitrogens is 1. The lowest BCUT2D eigenvalue weighted by Gasteiger charge is -2.07. The number of ether oxygens (including phenoxy) is 1. The number of fused-ring (bicyclic) bond motifs is 1. The van der Waals surface area contributed by atoms with Gasteiger partial charge in [0.05, 0.1) is 18.2 Å². The van der Waals surface area contributed by atoms with E-state index in [-0.39, 0.29) is 0 Å². The average Bonchev–Trinajstić information content (AvgIpc) is 3.17. The van der Waals surface area contributed by atoms with E-state index in [2.05, 4.69) is 28.5 Å². The second kappa shape index (κ2) is 8.91. The fourth-order valence-electron chi connectivity index (χ4n) is 3.12. The quantitative estimate of drug-likeness (QED) is 0.305. The second-order valence-electron chi connectivity index (χ2n) is 6.84. The fraction of sp³-hybridized carbons (Fsp3) is 0.174. The van der Waals surface area contributed by atoms with Gasteiger partial charge in [-0.15, -0.1) is 0 Å². The predicted molar refractivity (Wildman–Crippen MR) is 123 cm³/mol. The molecule has 1 N–H and O–H groups in total. The number of nitrogens with zero attached hydrogens (tertiary/aromatic N) is 2. The van der Waals surface area contributed by atoms with Gasteiger partial charge in [0.15, 0.2) is 0 Å². The number of carbonyl (C=O) groups excluding carboxylic acids is 1. The largest absolute Gasteiger partial charge is 0.465 e. The third-order valence-corrected chi connectivity index (χ3v) is 6.08. The Labute approximate surface area is 188 Å². The molecule has 158 valence electrons. The van der Waals surface area contributed by atoms with Crippen LogP contribution in [0.3, 0.4) is 0 Å². The van der Waals surface area contributed by atoms with Crippen molar-refractivity contribution in [2.24, 2.45) is 5.10 Å². The molecule has 0 fully saturated rings. The Kier molecular flexibility index (Phi) is 6.06. The number of methoxy groups -OCH3 is 1. The number of aryl methyl sites for hydroxylation is 2. The summed E-state index contributed by atoms with van der Waals surface area (Å²) in [5.41, 5.74) is 6.36. The van der Waals surface area contributed by atoms with Crippen LogP contribution >= 0.6 is 22.9 Å². The van der Waals surface area contributed by atoms with Crippen molar-refractivity contribution in [2.75, 3.05) is 12.5 Å². The van der Waals surface area contributed by atoms with E-state index in [1.807, 2.05) is 42.5 Å². The lowest BCUT2D eigenvalue weighted by atomic mass is 10.1. The zero-order valence-electron chi connectivity index (χ0n) is 17.2. The summed E-state index contributed by atoms with van der Waals surface area (Å²) in [5.74, 6) is 0.254. The molecular formula is C23H20ClN3O3S. The van der Waals surface area contributed by atoms with Crippen LogP contribution in [0.4, 0.5) is 5.13 Å². The molecule has 6 nitrogen and oxygen atoms in total. The molecule has 0 aliphatic heterocycles. The van der Waals surface area contributed by atoms with Gasteiger partial charge in [0, 0.05) is 22.0 Å². The van der Waals surface area contributed by atoms with Gasteiger partial charge < -0.3 is 9.15 Å². The van der Waals surface area contributed by atoms with E-state index in [0.717, 1.165) is 23.0 Å². The number of nitrogens with one attached hydrogen (secondary N) is 1. The highest BCUT2D eigenvalue weighted by Crippen LogP contribution is 2.25. The van der Waals surface area contributed by atoms with Crippen molar-refractivity contribution in [1.29, 1.82) is 0 Å². The lowest BCUT2D eigenvalue weighted by Crippen LogP contribution is -2.08. The number of hydrogen-bond donors (Lipinski definition) is 1. The van der Waals surface area contributed by atoms with E-state index in [4.69, 9.17) is 20.8 Å². The molecular weight excluding hydrogens is 434 g/mol. The molecule has 2 heterocycles. The lowest BCUT2D eigenvalue weighted by molar-refractivity contribution is 0.0605. The summed E-state index contributed by atoms with van der Waals surface area (Å²) >= 11 is 7.22. The zero-order chi connectivity index (χ0) is 22.0. The van der Waals surface area contributed by atoms with Crippen molar-refractivity contribution < 1.29 is 13.9 Å². The van der Waals surface area contributed by atoms with Crippen LogP contribution in [0.25, 0.3) is 22.3 Å². The maximum absolute atomic E-state index is 11.9. The van der Waals surface area contributed by atoms with E-state index in [0.29, 0.717) is 31.8 Å². The molecule has 0 amide bonds. The number of rotatable bonds is 5. The van der Waals surface area contributed by atoms with Crippen LogP contribution < -0.4 is 10.8 Å². The van der Waals surface area contributed by atoms with Crippen molar-refractivity contribution in [3.8, 4) is 11.3 Å². The number of benzene rings is 2. The van der Waals surface area contributed by atoms with Gasteiger partial charge in [0.25, 0.3) is 0 Å². The molecule has 0 atom stereocenters. The van der Waals surface area contributed by atoms with Crippen LogP contribution in [0.2, 0.25) is 5.02 Å². The molecule has 0 radical (unpaired) electrons. The molecule has 0 saturated heterocycles. The van der Waals surface area contributed by atoms with E-state index in [1.54, 1.807) is 6.92 Å². The van der Waals surface area contributed by atoms with Gasteiger partial charge in [0.2, 0.25) is 5.13 Å². The van der Waals surface area contributed by atoms with Crippen molar-refractivity contribution >= 4 is 45.0 Å². The highest BCUT2D eigenvalue weighted by molar-refractivity contribution is 7.17. The number of hydrogen-bond acceptors (Lipinski definition) is 7. The third-order valence-electron chi connectivity index (χ3n) is 4.78. The van der Waals surface area contributed by atoms with Crippen molar-refractivity contribution in [3.63, 3.8) is 0 Å². The van der Waals surface area contributed by atoms with Crippen LogP contribution in [0, 0.1) is 6.92 Å². The minimum Gasteiger partial charge on any atom is -0.465 e. The molecule has 0 aliphatic rings. The van der Waals surface area contributed by atoms with E-state index in [9.17, 15) is 4.79 Å². The molecule has 0 saturated carbocycles. The summed E-state index contributed by atoms with van der Waals surface area (Å²) in [4.78, 5) is 16.7. The summed E-state index contributed by atoms with van der Waals surface area (Å²) in [5, 5.41) is 7.33. The summed E-state index contributed by atoms with van der Waals surface area (Å²) < 4.78 is 10.9. The third kappa shape index (κ3) is 4.47. The summed E-state index contributed by atoms with van der Waals surface area (Å²) in [6, 6.07) is 15.4. The van der Waals surface area contributed by atoms with Crippen LogP contribution in [0.5, 0.6) is 0 Å². The predicted octanol–water partition coefficient (Wildman–Crippen LogP) is 5.79. The summed E-state index contributed by atoms with van der Waals surface area (Å²) in [7, 11) is 1.35. The Hall–Kier alpha value is -3.16. The van der Waals surface area contributed by atoms with Crippen molar-refractivity contribution in [1.82, 2.24) is 4.98 Å². The van der Waals surface area contributed by atoms with Gasteiger partial charge in [-0.25, -0.2) is 9.78 Å². The zero-order valence-corrected chi connectivity index (χ0v) is 18.8. The number of esters is 1. The van der Waals surface area contributed by atoms with Gasteiger partial charge in [0.1, 0.15) is 16.2 Å². The Morgan fingerprint density at radius 1 is 1.23 bits per heavy atom. The first-order valence-corrected chi connectivity index (χ1v) is 10.9. The smallest absolute Gasteiger partial charge is 0.350 e. The molecule has 4 aromatic rings. The van der Waals surface area contributed by atoms with Crippen LogP contribution in [0.1, 0.15) is 27.9 Å². The fourth-order valence-corrected chi connectivity index (χ4v) is 4.07. The Balaban J connectivity index is 1.82. The molecule has 2 aromatic carbocycles. The number of thiazole rings is 1. The minimum atomic E-state index is -0.412. The SMILES string of the molecule is CCc1ccc2oc(-c3ccc(Cl)cc3)c/c(=N\Nc3nc(C)c(C(=O)OC)s3)c2c1. The summed E-state index contributed by atoms with van der Waals surface area (Å²) in [6.07, 6.45) is 0.899. The van der Waals surface area contributed by atoms with Crippen molar-refractivity contribution in [3.05, 3.63) is 75.0 Å². The van der Waals surface area contributed by atoms with Gasteiger partial charge >= 0.3 is 5.97 Å². The maximum atomic E-state index is 11.9. The molecule has 0 unspecified atom stereocenters. The highest BCUT2D eigenvalue weighted by atomic mass is 35.5. The molecule has 0 spiro atoms. The van der Waals surface area contributed by atoms with Crippen LogP contribution in [0.15, 0.2) is 58.0 Å². The Morgan fingerprint density at radius 2 is 2.00 bits per heavy atom. The maximum Gasteiger partial charge on any atom is 0.350 e. The molecule has 2 aromatic heterocycles. The van der Waals surface area contributed by atoms with E-state index < -0.39 is 5.97 Å². The first kappa shape index (κ1) is 21.1. The summed E-state index contributed by atoms with van der Waals surface area (Å²) in [6.45, 7) is 3.86. The average molecular weight is 454 g/mol. The number of carbonyl (C=O) groups is 1. The highest BCUT2D eigenvalue weighted by Gasteiger charge is 2.15. The van der Waals surface area contributed by atoms with Crippen LogP contribution in [-0.2, 0) is 11.2 Å². The van der Waals surface area contributed by atoms with Gasteiger partial charge in [-0.05, 0) is 55.3 Å². The number of anilines is 1. The Morgan fingerprint density at radius 3 is 2.71 bits per heavy atom. The monoisotopic (exact) mass is 453 g/mol. The van der Waals surface area contributed by atoms with Crippen LogP contribution in [-0.4, -0.2) is 18.1 Å². The first-order valence-electron chi connectivity index (χ1n) is 9.66. The van der Waals surface area contributed by atoms with Gasteiger partial charge in [-0.2, -0.15) is 5.10 Å². The van der Waals surface area contributed by atoms with E-state index in [1.165, 1.54) is 24.0 Å². The Bertz CT molecular complexity index is 1330. The molecule has 31 heavy (non-hydrogen) atoms. The normalized spacial score (nSPS) is 11.7. The topological polar surface area (TPSA) is 76.7 Å².